The molecule has 0 spiro atoms. The van der Waals surface area contributed by atoms with Crippen LogP contribution in [0.2, 0.25) is 0 Å². The van der Waals surface area contributed by atoms with Crippen molar-refractivity contribution < 1.29 is 39.5 Å². The number of alkyl halides is 2. The Hall–Kier alpha value is -2.19. The van der Waals surface area contributed by atoms with Gasteiger partial charge in [-0.3, -0.25) is 0 Å². The Morgan fingerprint density at radius 3 is 1.56 bits per heavy atom. The van der Waals surface area contributed by atoms with E-state index in [9.17, 15) is 39.5 Å². The van der Waals surface area contributed by atoms with E-state index in [1.807, 2.05) is 0 Å². The van der Waals surface area contributed by atoms with Crippen molar-refractivity contribution in [1.82, 2.24) is 0 Å². The lowest BCUT2D eigenvalue weighted by atomic mass is 9.95. The molecule has 2 aromatic rings. The first-order valence-corrected chi connectivity index (χ1v) is 7.01. The smallest absolute Gasteiger partial charge is 0.203 e. The van der Waals surface area contributed by atoms with Gasteiger partial charge in [-0.2, -0.15) is 8.78 Å². The molecule has 1 aliphatic rings. The van der Waals surface area contributed by atoms with Crippen LogP contribution in [0.1, 0.15) is 30.0 Å². The zero-order valence-corrected chi connectivity index (χ0v) is 12.3. The van der Waals surface area contributed by atoms with E-state index in [1.165, 1.54) is 6.92 Å². The minimum Gasteiger partial charge on any atom is -0.203 e. The maximum absolute atomic E-state index is 14.6. The molecule has 0 saturated carbocycles. The SMILES string of the molecule is CCCc1c(F)c(F)c(F)c2c1C(F)(F)c1c(F)c(F)c(F)c(F)c1-2. The summed E-state index contributed by atoms with van der Waals surface area (Å²) in [5, 5.41) is 0. The third-order valence-electron chi connectivity index (χ3n) is 4.07. The van der Waals surface area contributed by atoms with Gasteiger partial charge < -0.3 is 0 Å². The van der Waals surface area contributed by atoms with E-state index in [2.05, 4.69) is 0 Å². The Balaban J connectivity index is 2.59. The molecule has 2 aromatic carbocycles. The monoisotopic (exact) mass is 370 g/mol. The Morgan fingerprint density at radius 2 is 1.04 bits per heavy atom. The van der Waals surface area contributed by atoms with E-state index in [0.717, 1.165) is 0 Å². The van der Waals surface area contributed by atoms with E-state index in [0.29, 0.717) is 0 Å². The quantitative estimate of drug-likeness (QED) is 0.360. The molecule has 0 saturated heterocycles. The third-order valence-corrected chi connectivity index (χ3v) is 4.07. The topological polar surface area (TPSA) is 0 Å². The molecule has 0 N–H and O–H groups in total. The van der Waals surface area contributed by atoms with Gasteiger partial charge in [0.15, 0.2) is 40.7 Å². The van der Waals surface area contributed by atoms with Crippen molar-refractivity contribution in [3.63, 3.8) is 0 Å². The summed E-state index contributed by atoms with van der Waals surface area (Å²) in [6, 6.07) is 0. The molecular weight excluding hydrogens is 363 g/mol. The van der Waals surface area contributed by atoms with Gasteiger partial charge in [0.2, 0.25) is 0 Å². The van der Waals surface area contributed by atoms with Crippen molar-refractivity contribution in [2.75, 3.05) is 0 Å². The van der Waals surface area contributed by atoms with Crippen LogP contribution in [0.4, 0.5) is 39.5 Å². The van der Waals surface area contributed by atoms with Crippen molar-refractivity contribution >= 4 is 0 Å². The standard InChI is InChI=1S/C16H7F9/c1-2-3-4-7-5(10(18)13(21)9(4)17)6-8(16(7,24)25)12(20)15(23)14(22)11(6)19/h2-3H2,1H3. The highest BCUT2D eigenvalue weighted by molar-refractivity contribution is 5.82. The average molecular weight is 370 g/mol. The maximum Gasteiger partial charge on any atom is 0.303 e. The Morgan fingerprint density at radius 1 is 0.600 bits per heavy atom. The first-order valence-electron chi connectivity index (χ1n) is 7.01. The van der Waals surface area contributed by atoms with E-state index in [1.54, 1.807) is 0 Å². The van der Waals surface area contributed by atoms with Crippen LogP contribution >= 0.6 is 0 Å². The fraction of sp³-hybridized carbons (Fsp3) is 0.250. The van der Waals surface area contributed by atoms with Crippen LogP contribution in [-0.4, -0.2) is 0 Å². The van der Waals surface area contributed by atoms with Crippen LogP contribution in [0, 0.1) is 40.7 Å². The van der Waals surface area contributed by atoms with Gasteiger partial charge in [0.05, 0.1) is 5.56 Å². The summed E-state index contributed by atoms with van der Waals surface area (Å²) >= 11 is 0. The van der Waals surface area contributed by atoms with Crippen LogP contribution in [0.15, 0.2) is 0 Å². The van der Waals surface area contributed by atoms with Crippen LogP contribution in [-0.2, 0) is 12.3 Å². The molecule has 134 valence electrons. The summed E-state index contributed by atoms with van der Waals surface area (Å²) in [6.07, 6.45) is -0.502. The highest BCUT2D eigenvalue weighted by Crippen LogP contribution is 2.56. The lowest BCUT2D eigenvalue weighted by molar-refractivity contribution is 0.0413. The average Bonchev–Trinajstić information content (AvgIpc) is 2.80. The molecule has 9 heteroatoms. The van der Waals surface area contributed by atoms with Gasteiger partial charge in [-0.25, -0.2) is 30.7 Å². The summed E-state index contributed by atoms with van der Waals surface area (Å²) in [5.41, 5.74) is -7.66. The second-order valence-electron chi connectivity index (χ2n) is 5.50. The Labute approximate surface area is 134 Å². The van der Waals surface area contributed by atoms with E-state index in [-0.39, 0.29) is 6.42 Å². The van der Waals surface area contributed by atoms with Gasteiger partial charge in [0, 0.05) is 22.3 Å². The first-order chi connectivity index (χ1) is 11.6. The van der Waals surface area contributed by atoms with Gasteiger partial charge in [-0.1, -0.05) is 13.3 Å². The van der Waals surface area contributed by atoms with Crippen LogP contribution in [0.3, 0.4) is 0 Å². The van der Waals surface area contributed by atoms with Crippen molar-refractivity contribution in [2.24, 2.45) is 0 Å². The molecule has 0 aromatic heterocycles. The summed E-state index contributed by atoms with van der Waals surface area (Å²) in [4.78, 5) is 0. The van der Waals surface area contributed by atoms with E-state index < -0.39 is 80.9 Å². The molecule has 0 amide bonds. The second kappa shape index (κ2) is 5.40. The van der Waals surface area contributed by atoms with Crippen molar-refractivity contribution in [3.05, 3.63) is 57.4 Å². The van der Waals surface area contributed by atoms with Crippen LogP contribution in [0.25, 0.3) is 11.1 Å². The molecule has 0 heterocycles. The van der Waals surface area contributed by atoms with Crippen LogP contribution < -0.4 is 0 Å². The second-order valence-corrected chi connectivity index (χ2v) is 5.50. The van der Waals surface area contributed by atoms with Crippen molar-refractivity contribution in [1.29, 1.82) is 0 Å². The van der Waals surface area contributed by atoms with E-state index >= 15 is 0 Å². The number of benzene rings is 2. The summed E-state index contributed by atoms with van der Waals surface area (Å²) < 4.78 is 126. The van der Waals surface area contributed by atoms with Crippen molar-refractivity contribution in [2.45, 2.75) is 25.7 Å². The van der Waals surface area contributed by atoms with Gasteiger partial charge >= 0.3 is 5.92 Å². The zero-order chi connectivity index (χ0) is 18.8. The van der Waals surface area contributed by atoms with E-state index in [4.69, 9.17) is 0 Å². The molecule has 0 radical (unpaired) electrons. The normalized spacial score (nSPS) is 14.6. The lowest BCUT2D eigenvalue weighted by Crippen LogP contribution is -2.18. The van der Waals surface area contributed by atoms with Gasteiger partial charge in [0.25, 0.3) is 0 Å². The predicted octanol–water partition coefficient (Wildman–Crippen LogP) is 5.73. The molecular formula is C16H7F9. The molecule has 0 unspecified atom stereocenters. The highest BCUT2D eigenvalue weighted by atomic mass is 19.3. The number of halogens is 9. The zero-order valence-electron chi connectivity index (χ0n) is 12.3. The van der Waals surface area contributed by atoms with Crippen LogP contribution in [0.5, 0.6) is 0 Å². The molecule has 25 heavy (non-hydrogen) atoms. The van der Waals surface area contributed by atoms with Crippen molar-refractivity contribution in [3.8, 4) is 11.1 Å². The van der Waals surface area contributed by atoms with Gasteiger partial charge in [-0.15, -0.1) is 0 Å². The fourth-order valence-corrected chi connectivity index (χ4v) is 3.06. The molecule has 0 fully saturated rings. The number of fused-ring (bicyclic) bond motifs is 3. The molecule has 0 atom stereocenters. The molecule has 0 bridgehead atoms. The minimum absolute atomic E-state index is 0.00848. The largest absolute Gasteiger partial charge is 0.303 e. The Bertz CT molecular complexity index is 915. The summed E-state index contributed by atoms with van der Waals surface area (Å²) in [6.45, 7) is 1.41. The summed E-state index contributed by atoms with van der Waals surface area (Å²) in [5.74, 6) is -20.7. The number of hydrogen-bond donors (Lipinski definition) is 0. The number of rotatable bonds is 2. The third kappa shape index (κ3) is 2.04. The predicted molar refractivity (Wildman–Crippen MR) is 68.6 cm³/mol. The number of hydrogen-bond acceptors (Lipinski definition) is 0. The highest BCUT2D eigenvalue weighted by Gasteiger charge is 2.54. The first kappa shape index (κ1) is 17.6. The summed E-state index contributed by atoms with van der Waals surface area (Å²) in [7, 11) is 0. The van der Waals surface area contributed by atoms with Gasteiger partial charge in [-0.05, 0) is 6.42 Å². The fourth-order valence-electron chi connectivity index (χ4n) is 3.06. The Kier molecular flexibility index (Phi) is 3.81. The molecule has 1 aliphatic carbocycles. The van der Waals surface area contributed by atoms with Gasteiger partial charge in [0.1, 0.15) is 0 Å². The maximum atomic E-state index is 14.6. The molecule has 0 nitrogen and oxygen atoms in total. The molecule has 0 aliphatic heterocycles. The molecule has 3 rings (SSSR count). The lowest BCUT2D eigenvalue weighted by Gasteiger charge is -2.17. The minimum atomic E-state index is -4.58.